The predicted octanol–water partition coefficient (Wildman–Crippen LogP) is 3.78. The largest absolute Gasteiger partial charge is 0.493 e. The van der Waals surface area contributed by atoms with Gasteiger partial charge in [-0.15, -0.1) is 0 Å². The molecule has 10 nitrogen and oxygen atoms in total. The third-order valence-electron chi connectivity index (χ3n) is 5.90. The summed E-state index contributed by atoms with van der Waals surface area (Å²) in [7, 11) is 1.37. The standard InChI is InChI=1S/C25H33N3O7S/c1-5-9-33-17-12-18(34-11-6-10-32-4)14-19(13-17)35-24-16-23-22(27(2)25(29)28(23)3)15-21(24)26-36(30,31)20-7-8-20/h12-16,20,26H,5-11H2,1-4H3. The number of imidazole rings is 1. The van der Waals surface area contributed by atoms with E-state index in [1.165, 1.54) is 9.13 Å². The van der Waals surface area contributed by atoms with E-state index in [1.807, 2.05) is 6.92 Å². The van der Waals surface area contributed by atoms with E-state index in [1.54, 1.807) is 51.5 Å². The minimum atomic E-state index is -3.57. The van der Waals surface area contributed by atoms with Crippen molar-refractivity contribution in [3.63, 3.8) is 0 Å². The SMILES string of the molecule is CCCOc1cc(OCCCOC)cc(Oc2cc3c(cc2NS(=O)(=O)C2CC2)n(C)c(=O)n3C)c1. The first-order valence-corrected chi connectivity index (χ1v) is 13.6. The zero-order valence-corrected chi connectivity index (χ0v) is 21.9. The van der Waals surface area contributed by atoms with Gasteiger partial charge < -0.3 is 18.9 Å². The van der Waals surface area contributed by atoms with Crippen LogP contribution in [0.2, 0.25) is 0 Å². The Hall–Kier alpha value is -3.18. The van der Waals surface area contributed by atoms with Crippen LogP contribution in [0.5, 0.6) is 23.0 Å². The molecule has 1 N–H and O–H groups in total. The van der Waals surface area contributed by atoms with Crippen molar-refractivity contribution in [2.24, 2.45) is 14.1 Å². The van der Waals surface area contributed by atoms with Crippen molar-refractivity contribution in [1.29, 1.82) is 0 Å². The fourth-order valence-electron chi connectivity index (χ4n) is 3.82. The number of aromatic nitrogens is 2. The van der Waals surface area contributed by atoms with E-state index in [-0.39, 0.29) is 17.1 Å². The molecule has 2 aromatic carbocycles. The smallest absolute Gasteiger partial charge is 0.328 e. The summed E-state index contributed by atoms with van der Waals surface area (Å²) in [4.78, 5) is 12.5. The molecule has 4 rings (SSSR count). The lowest BCUT2D eigenvalue weighted by atomic mass is 10.2. The van der Waals surface area contributed by atoms with E-state index < -0.39 is 15.3 Å². The lowest BCUT2D eigenvalue weighted by molar-refractivity contribution is 0.172. The molecule has 0 amide bonds. The highest BCUT2D eigenvalue weighted by atomic mass is 32.2. The summed E-state index contributed by atoms with van der Waals surface area (Å²) < 4.78 is 54.2. The van der Waals surface area contributed by atoms with Crippen LogP contribution in [0, 0.1) is 0 Å². The first-order valence-electron chi connectivity index (χ1n) is 12.0. The van der Waals surface area contributed by atoms with Crippen LogP contribution in [0.4, 0.5) is 5.69 Å². The fraction of sp³-hybridized carbons (Fsp3) is 0.480. The quantitative estimate of drug-likeness (QED) is 0.342. The van der Waals surface area contributed by atoms with Gasteiger partial charge in [-0.1, -0.05) is 6.92 Å². The molecule has 1 fully saturated rings. The molecule has 1 aliphatic carbocycles. The van der Waals surface area contributed by atoms with Crippen LogP contribution in [0.3, 0.4) is 0 Å². The Bertz CT molecular complexity index is 1390. The zero-order chi connectivity index (χ0) is 25.9. The first kappa shape index (κ1) is 25.9. The number of ether oxygens (including phenoxy) is 4. The van der Waals surface area contributed by atoms with Gasteiger partial charge in [0.25, 0.3) is 0 Å². The number of hydrogen-bond donors (Lipinski definition) is 1. The Morgan fingerprint density at radius 2 is 1.53 bits per heavy atom. The van der Waals surface area contributed by atoms with Crippen LogP contribution in [0.15, 0.2) is 35.1 Å². The van der Waals surface area contributed by atoms with Crippen molar-refractivity contribution >= 4 is 26.7 Å². The lowest BCUT2D eigenvalue weighted by Gasteiger charge is -2.16. The Balaban J connectivity index is 1.73. The number of nitrogens with zero attached hydrogens (tertiary/aromatic N) is 2. The van der Waals surface area contributed by atoms with E-state index in [4.69, 9.17) is 18.9 Å². The van der Waals surface area contributed by atoms with Gasteiger partial charge in [-0.05, 0) is 25.3 Å². The number of anilines is 1. The number of nitrogens with one attached hydrogen (secondary N) is 1. The maximum Gasteiger partial charge on any atom is 0.328 e. The fourth-order valence-corrected chi connectivity index (χ4v) is 5.21. The van der Waals surface area contributed by atoms with E-state index in [9.17, 15) is 13.2 Å². The highest BCUT2D eigenvalue weighted by Crippen LogP contribution is 2.39. The Morgan fingerprint density at radius 1 is 0.917 bits per heavy atom. The van der Waals surface area contributed by atoms with Crippen LogP contribution >= 0.6 is 0 Å². The maximum atomic E-state index is 12.8. The number of aryl methyl sites for hydroxylation is 2. The van der Waals surface area contributed by atoms with E-state index >= 15 is 0 Å². The Labute approximate surface area is 210 Å². The Kier molecular flexibility index (Phi) is 7.79. The molecule has 0 radical (unpaired) electrons. The van der Waals surface area contributed by atoms with Gasteiger partial charge in [0.2, 0.25) is 10.0 Å². The highest BCUT2D eigenvalue weighted by Gasteiger charge is 2.36. The van der Waals surface area contributed by atoms with E-state index in [2.05, 4.69) is 4.72 Å². The first-order chi connectivity index (χ1) is 17.2. The second-order valence-corrected chi connectivity index (χ2v) is 10.8. The summed E-state index contributed by atoms with van der Waals surface area (Å²) in [5, 5.41) is -0.418. The molecule has 0 bridgehead atoms. The molecule has 1 aliphatic rings. The molecule has 196 valence electrons. The second kappa shape index (κ2) is 10.8. The number of rotatable bonds is 13. The van der Waals surface area contributed by atoms with Crippen LogP contribution < -0.4 is 24.6 Å². The van der Waals surface area contributed by atoms with Crippen molar-refractivity contribution in [3.05, 3.63) is 40.8 Å². The molecule has 36 heavy (non-hydrogen) atoms. The molecule has 0 saturated heterocycles. The Morgan fingerprint density at radius 3 is 2.14 bits per heavy atom. The van der Waals surface area contributed by atoms with Crippen molar-refractivity contribution in [2.75, 3.05) is 31.7 Å². The van der Waals surface area contributed by atoms with Gasteiger partial charge in [-0.2, -0.15) is 0 Å². The summed E-state index contributed by atoms with van der Waals surface area (Å²) in [5.41, 5.74) is 1.24. The molecule has 1 aromatic heterocycles. The molecule has 1 saturated carbocycles. The van der Waals surface area contributed by atoms with Crippen molar-refractivity contribution in [3.8, 4) is 23.0 Å². The topological polar surface area (TPSA) is 110 Å². The van der Waals surface area contributed by atoms with Gasteiger partial charge in [0.1, 0.15) is 17.2 Å². The third-order valence-corrected chi connectivity index (χ3v) is 7.76. The highest BCUT2D eigenvalue weighted by molar-refractivity contribution is 7.93. The van der Waals surface area contributed by atoms with Crippen LogP contribution in [0.1, 0.15) is 32.6 Å². The monoisotopic (exact) mass is 519 g/mol. The predicted molar refractivity (Wildman–Crippen MR) is 138 cm³/mol. The van der Waals surface area contributed by atoms with Gasteiger partial charge >= 0.3 is 5.69 Å². The van der Waals surface area contributed by atoms with Crippen molar-refractivity contribution in [2.45, 2.75) is 37.9 Å². The van der Waals surface area contributed by atoms with Crippen LogP contribution in [-0.4, -0.2) is 49.7 Å². The molecule has 11 heteroatoms. The lowest BCUT2D eigenvalue weighted by Crippen LogP contribution is -2.19. The number of methoxy groups -OCH3 is 1. The summed E-state index contributed by atoms with van der Waals surface area (Å²) in [6.07, 6.45) is 2.80. The van der Waals surface area contributed by atoms with E-state index in [0.717, 1.165) is 12.8 Å². The molecule has 1 heterocycles. The minimum Gasteiger partial charge on any atom is -0.493 e. The molecule has 3 aromatic rings. The van der Waals surface area contributed by atoms with Gasteiger partial charge in [-0.3, -0.25) is 13.9 Å². The van der Waals surface area contributed by atoms with Crippen LogP contribution in [0.25, 0.3) is 11.0 Å². The van der Waals surface area contributed by atoms with Crippen molar-refractivity contribution in [1.82, 2.24) is 9.13 Å². The normalized spacial score (nSPS) is 13.7. The molecule has 0 unspecified atom stereocenters. The van der Waals surface area contributed by atoms with Gasteiger partial charge in [-0.25, -0.2) is 13.2 Å². The molecular weight excluding hydrogens is 486 g/mol. The van der Waals surface area contributed by atoms with Gasteiger partial charge in [0.15, 0.2) is 5.75 Å². The van der Waals surface area contributed by atoms with Gasteiger partial charge in [0.05, 0.1) is 35.2 Å². The summed E-state index contributed by atoms with van der Waals surface area (Å²) in [6.45, 7) is 3.57. The average Bonchev–Trinajstić information content (AvgIpc) is 3.68. The average molecular weight is 520 g/mol. The number of hydrogen-bond acceptors (Lipinski definition) is 7. The van der Waals surface area contributed by atoms with Crippen LogP contribution in [-0.2, 0) is 28.9 Å². The van der Waals surface area contributed by atoms with Gasteiger partial charge in [0, 0.05) is 58.5 Å². The number of sulfonamides is 1. The molecular formula is C25H33N3O7S. The minimum absolute atomic E-state index is 0.222. The second-order valence-electron chi connectivity index (χ2n) is 8.87. The zero-order valence-electron chi connectivity index (χ0n) is 21.1. The maximum absolute atomic E-state index is 12.8. The molecule has 0 aliphatic heterocycles. The number of fused-ring (bicyclic) bond motifs is 1. The molecule has 0 atom stereocenters. The summed E-state index contributed by atoms with van der Waals surface area (Å²) in [5.74, 6) is 1.82. The summed E-state index contributed by atoms with van der Waals surface area (Å²) >= 11 is 0. The third kappa shape index (κ3) is 5.79. The van der Waals surface area contributed by atoms with Crippen molar-refractivity contribution < 1.29 is 27.4 Å². The molecule has 0 spiro atoms. The van der Waals surface area contributed by atoms with E-state index in [0.29, 0.717) is 60.9 Å². The number of benzene rings is 2. The summed E-state index contributed by atoms with van der Waals surface area (Å²) in [6, 6.07) is 8.53.